The molecule has 0 saturated carbocycles. The topological polar surface area (TPSA) is 0 Å². The summed E-state index contributed by atoms with van der Waals surface area (Å²) >= 11 is 44.5. The standard InChI is InChI=1S/C14H2Br12/c15-4-2-1-3(6(16)7(4)17)13(23,14(24,25)26)5-8(18)10(20)12(22)11(21)9(5)19/h1-2H. The zero-order valence-corrected chi connectivity index (χ0v) is 30.7. The van der Waals surface area contributed by atoms with Gasteiger partial charge in [-0.1, -0.05) is 69.8 Å². The largest absolute Gasteiger partial charge is 0.158 e. The lowest BCUT2D eigenvalue weighted by Gasteiger charge is -2.39. The third kappa shape index (κ3) is 4.76. The minimum absolute atomic E-state index is 0.729. The van der Waals surface area contributed by atoms with Crippen LogP contribution in [0, 0.1) is 0 Å². The van der Waals surface area contributed by atoms with Gasteiger partial charge in [-0.25, -0.2) is 0 Å². The molecule has 0 N–H and O–H groups in total. The molecule has 2 rings (SSSR count). The molecule has 26 heavy (non-hydrogen) atoms. The van der Waals surface area contributed by atoms with E-state index in [-0.39, 0.29) is 0 Å². The second-order valence-electron chi connectivity index (χ2n) is 4.82. The van der Waals surface area contributed by atoms with Crippen molar-refractivity contribution in [3.63, 3.8) is 0 Å². The molecule has 0 fully saturated rings. The Morgan fingerprint density at radius 2 is 0.923 bits per heavy atom. The van der Waals surface area contributed by atoms with Gasteiger partial charge in [-0.05, 0) is 139 Å². The maximum atomic E-state index is 4.00. The summed E-state index contributed by atoms with van der Waals surface area (Å²) in [5.74, 6) is 0. The number of benzene rings is 2. The molecule has 0 bridgehead atoms. The molecule has 0 saturated heterocycles. The SMILES string of the molecule is Brc1ccc(C(Br)(c2c(Br)c(Br)c(Br)c(Br)c2Br)C(Br)(Br)Br)c(Br)c1Br. The molecule has 1 atom stereocenters. The second-order valence-corrected chi connectivity index (χ2v) is 19.2. The van der Waals surface area contributed by atoms with Crippen LogP contribution in [0.1, 0.15) is 11.1 Å². The van der Waals surface area contributed by atoms with Gasteiger partial charge in [-0.2, -0.15) is 0 Å². The van der Waals surface area contributed by atoms with Crippen molar-refractivity contribution in [3.05, 3.63) is 59.0 Å². The third-order valence-corrected chi connectivity index (χ3v) is 17.6. The van der Waals surface area contributed by atoms with Gasteiger partial charge in [0.15, 0.2) is 2.14 Å². The van der Waals surface area contributed by atoms with Crippen LogP contribution in [0.15, 0.2) is 47.9 Å². The highest BCUT2D eigenvalue weighted by atomic mass is 80.0. The molecule has 0 aliphatic carbocycles. The van der Waals surface area contributed by atoms with Gasteiger partial charge < -0.3 is 0 Å². The molecule has 0 nitrogen and oxygen atoms in total. The van der Waals surface area contributed by atoms with Crippen LogP contribution >= 0.6 is 191 Å². The molecule has 0 spiro atoms. The first-order valence-corrected chi connectivity index (χ1v) is 15.7. The zero-order chi connectivity index (χ0) is 20.2. The molecule has 142 valence electrons. The van der Waals surface area contributed by atoms with E-state index in [1.807, 2.05) is 12.1 Å². The minimum Gasteiger partial charge on any atom is -0.0712 e. The van der Waals surface area contributed by atoms with Crippen molar-refractivity contribution in [1.29, 1.82) is 0 Å². The first-order chi connectivity index (χ1) is 11.8. The summed E-state index contributed by atoms with van der Waals surface area (Å²) in [6.07, 6.45) is 0. The summed E-state index contributed by atoms with van der Waals surface area (Å²) in [6, 6.07) is 4.03. The zero-order valence-electron chi connectivity index (χ0n) is 11.7. The van der Waals surface area contributed by atoms with Crippen LogP contribution in [-0.2, 0) is 4.32 Å². The lowest BCUT2D eigenvalue weighted by Crippen LogP contribution is -2.35. The van der Waals surface area contributed by atoms with Crippen molar-refractivity contribution in [1.82, 2.24) is 0 Å². The summed E-state index contributed by atoms with van der Waals surface area (Å²) in [5.41, 5.74) is 1.92. The van der Waals surface area contributed by atoms with E-state index in [2.05, 4.69) is 191 Å². The quantitative estimate of drug-likeness (QED) is 0.160. The molecule has 0 heterocycles. The van der Waals surface area contributed by atoms with E-state index < -0.39 is 6.47 Å². The first-order valence-electron chi connectivity index (χ1n) is 6.18. The van der Waals surface area contributed by atoms with Crippen molar-refractivity contribution >= 4 is 191 Å². The summed E-state index contributed by atoms with van der Waals surface area (Å²) in [6.45, 7) is 0. The molecule has 0 radical (unpaired) electrons. The summed E-state index contributed by atoms with van der Waals surface area (Å²) in [4.78, 5) is 0. The number of hydrogen-bond donors (Lipinski definition) is 0. The van der Waals surface area contributed by atoms with Crippen LogP contribution in [-0.4, -0.2) is 2.14 Å². The number of alkyl halides is 4. The summed E-state index contributed by atoms with van der Waals surface area (Å²) in [7, 11) is 0. The van der Waals surface area contributed by atoms with Gasteiger partial charge in [0.2, 0.25) is 0 Å². The van der Waals surface area contributed by atoms with Crippen LogP contribution in [0.3, 0.4) is 0 Å². The van der Waals surface area contributed by atoms with Crippen LogP contribution in [0.2, 0.25) is 0 Å². The number of rotatable bonds is 2. The first kappa shape index (κ1) is 26.5. The van der Waals surface area contributed by atoms with Crippen LogP contribution in [0.4, 0.5) is 0 Å². The molecule has 1 unspecified atom stereocenters. The smallest absolute Gasteiger partial charge is 0.0712 e. The summed E-state index contributed by atoms with van der Waals surface area (Å²) in [5, 5.41) is 0. The average molecular weight is 1130 g/mol. The van der Waals surface area contributed by atoms with Crippen molar-refractivity contribution < 1.29 is 0 Å². The molecule has 0 amide bonds. The van der Waals surface area contributed by atoms with E-state index >= 15 is 0 Å². The predicted molar refractivity (Wildman–Crippen MR) is 154 cm³/mol. The Morgan fingerprint density at radius 3 is 1.35 bits per heavy atom. The third-order valence-electron chi connectivity index (χ3n) is 3.35. The predicted octanol–water partition coefficient (Wildman–Crippen LogP) is 12.3. The number of hydrogen-bond acceptors (Lipinski definition) is 0. The van der Waals surface area contributed by atoms with Gasteiger partial charge in [0.05, 0.1) is 0 Å². The number of halogens is 12. The second kappa shape index (κ2) is 10.00. The van der Waals surface area contributed by atoms with Gasteiger partial charge in [-0.15, -0.1) is 0 Å². The highest BCUT2D eigenvalue weighted by molar-refractivity contribution is 9.40. The molecule has 0 aliphatic heterocycles. The maximum absolute atomic E-state index is 4.00. The molecular formula is C14H2Br12. The molecule has 12 heteroatoms. The van der Waals surface area contributed by atoms with Gasteiger partial charge in [0, 0.05) is 41.3 Å². The molecule has 0 aromatic heterocycles. The molecule has 0 aliphatic rings. The fourth-order valence-electron chi connectivity index (χ4n) is 2.13. The van der Waals surface area contributed by atoms with E-state index in [1.54, 1.807) is 0 Å². The minimum atomic E-state index is -0.758. The highest BCUT2D eigenvalue weighted by Crippen LogP contribution is 2.64. The maximum Gasteiger partial charge on any atom is 0.158 e. The lowest BCUT2D eigenvalue weighted by atomic mass is 9.92. The molecular weight excluding hydrogens is 1130 g/mol. The molecule has 2 aromatic rings. The van der Waals surface area contributed by atoms with Crippen molar-refractivity contribution in [2.75, 3.05) is 0 Å². The Balaban J connectivity index is 3.04. The Kier molecular flexibility index (Phi) is 10.2. The Labute approximate surface area is 252 Å². The van der Waals surface area contributed by atoms with Crippen LogP contribution < -0.4 is 0 Å². The Hall–Kier alpha value is 4.20. The van der Waals surface area contributed by atoms with E-state index in [0.717, 1.165) is 46.9 Å². The van der Waals surface area contributed by atoms with Crippen molar-refractivity contribution in [2.45, 2.75) is 6.47 Å². The highest BCUT2D eigenvalue weighted by Gasteiger charge is 2.52. The van der Waals surface area contributed by atoms with Gasteiger partial charge >= 0.3 is 0 Å². The van der Waals surface area contributed by atoms with Crippen LogP contribution in [0.5, 0.6) is 0 Å². The van der Waals surface area contributed by atoms with E-state index in [4.69, 9.17) is 0 Å². The van der Waals surface area contributed by atoms with Gasteiger partial charge in [-0.3, -0.25) is 0 Å². The van der Waals surface area contributed by atoms with Crippen molar-refractivity contribution in [2.24, 2.45) is 0 Å². The average Bonchev–Trinajstić information content (AvgIpc) is 2.55. The molecule has 2 aromatic carbocycles. The van der Waals surface area contributed by atoms with Gasteiger partial charge in [0.1, 0.15) is 4.32 Å². The van der Waals surface area contributed by atoms with Gasteiger partial charge in [0.25, 0.3) is 0 Å². The lowest BCUT2D eigenvalue weighted by molar-refractivity contribution is 0.812. The fraction of sp³-hybridized carbons (Fsp3) is 0.143. The van der Waals surface area contributed by atoms with E-state index in [9.17, 15) is 0 Å². The summed E-state index contributed by atoms with van der Waals surface area (Å²) < 4.78 is 5.71. The Bertz CT molecular complexity index is 856. The van der Waals surface area contributed by atoms with E-state index in [0.29, 0.717) is 0 Å². The normalized spacial score (nSPS) is 14.5. The fourth-order valence-corrected chi connectivity index (χ4v) is 10.1. The van der Waals surface area contributed by atoms with Crippen LogP contribution in [0.25, 0.3) is 0 Å². The van der Waals surface area contributed by atoms with Crippen molar-refractivity contribution in [3.8, 4) is 0 Å². The van der Waals surface area contributed by atoms with E-state index in [1.165, 1.54) is 0 Å². The monoisotopic (exact) mass is 1120 g/mol. The Morgan fingerprint density at radius 1 is 0.500 bits per heavy atom.